The summed E-state index contributed by atoms with van der Waals surface area (Å²) in [5, 5.41) is 2.47. The summed E-state index contributed by atoms with van der Waals surface area (Å²) in [4.78, 5) is 4.29. The molecule has 0 aliphatic rings. The average molecular weight is 353 g/mol. The van der Waals surface area contributed by atoms with Gasteiger partial charge < -0.3 is 4.74 Å². The highest BCUT2D eigenvalue weighted by Crippen LogP contribution is 2.27. The molecule has 3 rings (SSSR count). The van der Waals surface area contributed by atoms with E-state index in [0.29, 0.717) is 12.1 Å². The van der Waals surface area contributed by atoms with Crippen LogP contribution in [0.15, 0.2) is 41.8 Å². The SMILES string of the molecule is Fc1cc(F)c(F)c(OCc2csc(Cc3ccccc3)n2)c1F. The van der Waals surface area contributed by atoms with Crippen molar-refractivity contribution >= 4 is 11.3 Å². The van der Waals surface area contributed by atoms with Gasteiger partial charge in [-0.2, -0.15) is 8.78 Å². The van der Waals surface area contributed by atoms with Gasteiger partial charge in [-0.3, -0.25) is 0 Å². The van der Waals surface area contributed by atoms with Crippen LogP contribution in [-0.4, -0.2) is 4.98 Å². The second kappa shape index (κ2) is 7.00. The Kier molecular flexibility index (Phi) is 4.80. The lowest BCUT2D eigenvalue weighted by Gasteiger charge is -2.08. The maximum atomic E-state index is 13.5. The average Bonchev–Trinajstić information content (AvgIpc) is 3.01. The van der Waals surface area contributed by atoms with Crippen LogP contribution in [0.25, 0.3) is 0 Å². The minimum Gasteiger partial charge on any atom is -0.481 e. The molecule has 0 aliphatic carbocycles. The molecule has 0 saturated carbocycles. The zero-order valence-electron chi connectivity index (χ0n) is 12.2. The van der Waals surface area contributed by atoms with E-state index in [1.807, 2.05) is 30.3 Å². The monoisotopic (exact) mass is 353 g/mol. The first kappa shape index (κ1) is 16.4. The first-order valence-corrected chi connectivity index (χ1v) is 7.85. The van der Waals surface area contributed by atoms with Crippen molar-refractivity contribution in [2.45, 2.75) is 13.0 Å². The summed E-state index contributed by atoms with van der Waals surface area (Å²) in [5.41, 5.74) is 1.50. The maximum absolute atomic E-state index is 13.5. The van der Waals surface area contributed by atoms with Gasteiger partial charge in [0.1, 0.15) is 6.61 Å². The highest BCUT2D eigenvalue weighted by Gasteiger charge is 2.20. The molecule has 0 bridgehead atoms. The van der Waals surface area contributed by atoms with Crippen LogP contribution in [0.3, 0.4) is 0 Å². The van der Waals surface area contributed by atoms with Gasteiger partial charge in [0.2, 0.25) is 11.6 Å². The first-order chi connectivity index (χ1) is 11.5. The Balaban J connectivity index is 1.70. The number of nitrogens with zero attached hydrogens (tertiary/aromatic N) is 1. The van der Waals surface area contributed by atoms with E-state index in [9.17, 15) is 17.6 Å². The lowest BCUT2D eigenvalue weighted by molar-refractivity contribution is 0.258. The zero-order valence-corrected chi connectivity index (χ0v) is 13.0. The normalized spacial score (nSPS) is 10.8. The van der Waals surface area contributed by atoms with Crippen molar-refractivity contribution < 1.29 is 22.3 Å². The van der Waals surface area contributed by atoms with Gasteiger partial charge >= 0.3 is 0 Å². The fraction of sp³-hybridized carbons (Fsp3) is 0.118. The predicted molar refractivity (Wildman–Crippen MR) is 82.0 cm³/mol. The van der Waals surface area contributed by atoms with E-state index in [-0.39, 0.29) is 12.7 Å². The van der Waals surface area contributed by atoms with Crippen LogP contribution >= 0.6 is 11.3 Å². The van der Waals surface area contributed by atoms with Gasteiger partial charge in [0.25, 0.3) is 0 Å². The summed E-state index contributed by atoms with van der Waals surface area (Å²) in [5.74, 6) is -7.22. The van der Waals surface area contributed by atoms with Gasteiger partial charge in [0, 0.05) is 17.9 Å². The van der Waals surface area contributed by atoms with E-state index in [1.54, 1.807) is 5.38 Å². The second-order valence-corrected chi connectivity index (χ2v) is 5.92. The second-order valence-electron chi connectivity index (χ2n) is 4.98. The van der Waals surface area contributed by atoms with Crippen molar-refractivity contribution in [2.24, 2.45) is 0 Å². The maximum Gasteiger partial charge on any atom is 0.203 e. The number of benzene rings is 2. The molecule has 0 spiro atoms. The summed E-state index contributed by atoms with van der Waals surface area (Å²) in [7, 11) is 0. The summed E-state index contributed by atoms with van der Waals surface area (Å²) >= 11 is 1.37. The molecule has 0 radical (unpaired) electrons. The molecule has 0 unspecified atom stereocenters. The van der Waals surface area contributed by atoms with Gasteiger partial charge in [-0.05, 0) is 5.56 Å². The summed E-state index contributed by atoms with van der Waals surface area (Å²) < 4.78 is 58.2. The van der Waals surface area contributed by atoms with Crippen LogP contribution in [0.1, 0.15) is 16.3 Å². The molecule has 3 aromatic rings. The molecular formula is C17H11F4NOS. The zero-order chi connectivity index (χ0) is 17.1. The van der Waals surface area contributed by atoms with Crippen molar-refractivity contribution in [3.8, 4) is 5.75 Å². The minimum absolute atomic E-state index is 0.137. The first-order valence-electron chi connectivity index (χ1n) is 6.97. The van der Waals surface area contributed by atoms with Gasteiger partial charge in [-0.15, -0.1) is 11.3 Å². The van der Waals surface area contributed by atoms with Crippen molar-refractivity contribution in [1.82, 2.24) is 4.98 Å². The van der Waals surface area contributed by atoms with Crippen LogP contribution < -0.4 is 4.74 Å². The summed E-state index contributed by atoms with van der Waals surface area (Å²) in [6.45, 7) is -0.290. The van der Waals surface area contributed by atoms with Gasteiger partial charge in [-0.1, -0.05) is 30.3 Å². The number of rotatable bonds is 5. The molecule has 0 aliphatic heterocycles. The van der Waals surface area contributed by atoms with Gasteiger partial charge in [0.05, 0.1) is 10.7 Å². The standard InChI is InChI=1S/C17H11F4NOS/c18-12-7-13(19)16(21)17(15(12)20)23-8-11-9-24-14(22-11)6-10-4-2-1-3-5-10/h1-5,7,9H,6,8H2. The summed E-state index contributed by atoms with van der Waals surface area (Å²) in [6.07, 6.45) is 0.614. The smallest absolute Gasteiger partial charge is 0.203 e. The summed E-state index contributed by atoms with van der Waals surface area (Å²) in [6, 6.07) is 9.79. The van der Waals surface area contributed by atoms with Gasteiger partial charge in [0.15, 0.2) is 17.4 Å². The van der Waals surface area contributed by atoms with Crippen LogP contribution in [0.5, 0.6) is 5.75 Å². The largest absolute Gasteiger partial charge is 0.481 e. The number of hydrogen-bond donors (Lipinski definition) is 0. The Morgan fingerprint density at radius 1 is 0.958 bits per heavy atom. The Morgan fingerprint density at radius 2 is 1.62 bits per heavy atom. The molecule has 124 valence electrons. The molecule has 2 nitrogen and oxygen atoms in total. The molecule has 7 heteroatoms. The third-order valence-corrected chi connectivity index (χ3v) is 4.13. The van der Waals surface area contributed by atoms with Crippen molar-refractivity contribution in [1.29, 1.82) is 0 Å². The number of hydrogen-bond acceptors (Lipinski definition) is 3. The molecule has 0 saturated heterocycles. The number of ether oxygens (including phenoxy) is 1. The van der Waals surface area contributed by atoms with Crippen LogP contribution in [0, 0.1) is 23.3 Å². The van der Waals surface area contributed by atoms with E-state index < -0.39 is 29.0 Å². The fourth-order valence-corrected chi connectivity index (χ4v) is 2.90. The van der Waals surface area contributed by atoms with E-state index in [4.69, 9.17) is 4.74 Å². The molecule has 1 aromatic heterocycles. The molecule has 0 atom stereocenters. The van der Waals surface area contributed by atoms with Crippen LogP contribution in [0.4, 0.5) is 17.6 Å². The number of thiazole rings is 1. The van der Waals surface area contributed by atoms with Crippen LogP contribution in [-0.2, 0) is 13.0 Å². The Labute approximate surface area is 139 Å². The molecule has 1 heterocycles. The van der Waals surface area contributed by atoms with E-state index in [0.717, 1.165) is 10.6 Å². The quantitative estimate of drug-likeness (QED) is 0.482. The third-order valence-electron chi connectivity index (χ3n) is 3.23. The fourth-order valence-electron chi connectivity index (χ4n) is 2.09. The lowest BCUT2D eigenvalue weighted by atomic mass is 10.2. The molecule has 0 N–H and O–H groups in total. The highest BCUT2D eigenvalue weighted by molar-refractivity contribution is 7.09. The number of aromatic nitrogens is 1. The minimum atomic E-state index is -1.56. The molecule has 24 heavy (non-hydrogen) atoms. The lowest BCUT2D eigenvalue weighted by Crippen LogP contribution is -2.04. The Hall–Kier alpha value is -2.41. The third kappa shape index (κ3) is 3.56. The molecule has 2 aromatic carbocycles. The van der Waals surface area contributed by atoms with Crippen molar-refractivity contribution in [2.75, 3.05) is 0 Å². The molecular weight excluding hydrogens is 342 g/mol. The van der Waals surface area contributed by atoms with Crippen LogP contribution in [0.2, 0.25) is 0 Å². The molecule has 0 fully saturated rings. The van der Waals surface area contributed by atoms with E-state index >= 15 is 0 Å². The predicted octanol–water partition coefficient (Wildman–Crippen LogP) is 4.87. The van der Waals surface area contributed by atoms with Gasteiger partial charge in [-0.25, -0.2) is 13.8 Å². The Morgan fingerprint density at radius 3 is 2.29 bits per heavy atom. The van der Waals surface area contributed by atoms with E-state index in [1.165, 1.54) is 11.3 Å². The Bertz CT molecular complexity index is 825. The topological polar surface area (TPSA) is 22.1 Å². The van der Waals surface area contributed by atoms with Crippen molar-refractivity contribution in [3.05, 3.63) is 81.3 Å². The van der Waals surface area contributed by atoms with Crippen molar-refractivity contribution in [3.63, 3.8) is 0 Å². The molecule has 0 amide bonds. The number of halogens is 4. The highest BCUT2D eigenvalue weighted by atomic mass is 32.1. The van der Waals surface area contributed by atoms with E-state index in [2.05, 4.69) is 4.98 Å².